The third-order valence-corrected chi connectivity index (χ3v) is 2.73. The molecule has 0 bridgehead atoms. The summed E-state index contributed by atoms with van der Waals surface area (Å²) >= 11 is 0. The number of ether oxygens (including phenoxy) is 1. The maximum Gasteiger partial charge on any atom is 0.151 e. The maximum absolute atomic E-state index is 5.83. The van der Waals surface area contributed by atoms with E-state index in [1.807, 2.05) is 56.3 Å². The fourth-order valence-electron chi connectivity index (χ4n) is 1.89. The molecule has 2 rings (SSSR count). The highest BCUT2D eigenvalue weighted by molar-refractivity contribution is 5.82. The first-order valence-corrected chi connectivity index (χ1v) is 5.57. The Morgan fingerprint density at radius 2 is 2.06 bits per heavy atom. The topological polar surface area (TPSA) is 25.6 Å². The van der Waals surface area contributed by atoms with Crippen molar-refractivity contribution in [1.82, 2.24) is 4.90 Å². The molecule has 0 spiro atoms. The summed E-state index contributed by atoms with van der Waals surface area (Å²) in [6, 6.07) is 7.89. The van der Waals surface area contributed by atoms with Crippen molar-refractivity contribution in [2.45, 2.75) is 6.92 Å². The molecule has 3 nitrogen and oxygen atoms in total. The quantitative estimate of drug-likeness (QED) is 0.810. The van der Waals surface area contributed by atoms with Gasteiger partial charge in [0.05, 0.1) is 12.8 Å². The van der Waals surface area contributed by atoms with Crippen LogP contribution in [0.15, 0.2) is 34.8 Å². The minimum absolute atomic E-state index is 0.810. The average molecular weight is 231 g/mol. The zero-order valence-corrected chi connectivity index (χ0v) is 10.7. The lowest BCUT2D eigenvalue weighted by Crippen LogP contribution is -2.08. The zero-order valence-electron chi connectivity index (χ0n) is 10.7. The van der Waals surface area contributed by atoms with E-state index in [2.05, 4.69) is 0 Å². The SMILES string of the molecule is C/C=C(/c1cc2ccc(OC)cc2o1)N(C)C. The number of hydrogen-bond donors (Lipinski definition) is 0. The van der Waals surface area contributed by atoms with Gasteiger partial charge in [0, 0.05) is 25.5 Å². The molecule has 0 unspecified atom stereocenters. The molecule has 1 aromatic heterocycles. The fraction of sp³-hybridized carbons (Fsp3) is 0.286. The van der Waals surface area contributed by atoms with Crippen molar-refractivity contribution in [3.8, 4) is 5.75 Å². The lowest BCUT2D eigenvalue weighted by molar-refractivity contribution is 0.414. The number of furan rings is 1. The van der Waals surface area contributed by atoms with Crippen LogP contribution in [-0.2, 0) is 0 Å². The summed E-state index contributed by atoms with van der Waals surface area (Å²) in [5, 5.41) is 1.09. The Kier molecular flexibility index (Phi) is 3.09. The van der Waals surface area contributed by atoms with Gasteiger partial charge in [-0.1, -0.05) is 6.08 Å². The molecule has 1 heterocycles. The number of fused-ring (bicyclic) bond motifs is 1. The lowest BCUT2D eigenvalue weighted by atomic mass is 10.2. The maximum atomic E-state index is 5.83. The van der Waals surface area contributed by atoms with Gasteiger partial charge in [-0.15, -0.1) is 0 Å². The third-order valence-electron chi connectivity index (χ3n) is 2.73. The molecule has 0 aliphatic heterocycles. The van der Waals surface area contributed by atoms with Crippen LogP contribution in [0.1, 0.15) is 12.7 Å². The zero-order chi connectivity index (χ0) is 12.4. The van der Waals surface area contributed by atoms with Gasteiger partial charge in [-0.05, 0) is 25.1 Å². The van der Waals surface area contributed by atoms with E-state index >= 15 is 0 Å². The second-order valence-corrected chi connectivity index (χ2v) is 4.08. The molecule has 0 aliphatic carbocycles. The summed E-state index contributed by atoms with van der Waals surface area (Å²) < 4.78 is 11.0. The number of nitrogens with zero attached hydrogens (tertiary/aromatic N) is 1. The van der Waals surface area contributed by atoms with Crippen molar-refractivity contribution in [1.29, 1.82) is 0 Å². The number of methoxy groups -OCH3 is 1. The van der Waals surface area contributed by atoms with E-state index in [1.54, 1.807) is 7.11 Å². The highest BCUT2D eigenvalue weighted by Crippen LogP contribution is 2.28. The molecule has 2 aromatic rings. The molecule has 0 amide bonds. The van der Waals surface area contributed by atoms with Crippen LogP contribution in [0.25, 0.3) is 16.7 Å². The molecule has 0 radical (unpaired) electrons. The molecule has 0 saturated heterocycles. The van der Waals surface area contributed by atoms with E-state index in [-0.39, 0.29) is 0 Å². The van der Waals surface area contributed by atoms with Gasteiger partial charge in [-0.2, -0.15) is 0 Å². The second-order valence-electron chi connectivity index (χ2n) is 4.08. The van der Waals surface area contributed by atoms with E-state index in [4.69, 9.17) is 9.15 Å². The van der Waals surface area contributed by atoms with Crippen LogP contribution in [0.3, 0.4) is 0 Å². The Morgan fingerprint density at radius 1 is 1.29 bits per heavy atom. The molecule has 0 fully saturated rings. The molecule has 0 aliphatic rings. The Hall–Kier alpha value is -1.90. The predicted molar refractivity (Wildman–Crippen MR) is 70.1 cm³/mol. The van der Waals surface area contributed by atoms with Gasteiger partial charge >= 0.3 is 0 Å². The predicted octanol–water partition coefficient (Wildman–Crippen LogP) is 3.36. The summed E-state index contributed by atoms with van der Waals surface area (Å²) in [6.45, 7) is 2.00. The van der Waals surface area contributed by atoms with Gasteiger partial charge < -0.3 is 14.1 Å². The summed E-state index contributed by atoms with van der Waals surface area (Å²) in [5.74, 6) is 1.69. The van der Waals surface area contributed by atoms with E-state index in [0.29, 0.717) is 0 Å². The highest BCUT2D eigenvalue weighted by atomic mass is 16.5. The summed E-state index contributed by atoms with van der Waals surface area (Å²) in [6.07, 6.45) is 2.04. The lowest BCUT2D eigenvalue weighted by Gasteiger charge is -2.13. The van der Waals surface area contributed by atoms with Crippen molar-refractivity contribution < 1.29 is 9.15 Å². The molecule has 0 N–H and O–H groups in total. The van der Waals surface area contributed by atoms with Gasteiger partial charge in [-0.3, -0.25) is 0 Å². The number of rotatable bonds is 3. The largest absolute Gasteiger partial charge is 0.497 e. The van der Waals surface area contributed by atoms with Gasteiger partial charge in [0.1, 0.15) is 11.3 Å². The third kappa shape index (κ3) is 2.13. The van der Waals surface area contributed by atoms with Gasteiger partial charge in [0.2, 0.25) is 0 Å². The smallest absolute Gasteiger partial charge is 0.151 e. The first kappa shape index (κ1) is 11.6. The highest BCUT2D eigenvalue weighted by Gasteiger charge is 2.10. The molecular formula is C14H17NO2. The van der Waals surface area contributed by atoms with E-state index in [0.717, 1.165) is 28.2 Å². The van der Waals surface area contributed by atoms with Crippen LogP contribution in [0.2, 0.25) is 0 Å². The Balaban J connectivity index is 2.51. The summed E-state index contributed by atoms with van der Waals surface area (Å²) in [5.41, 5.74) is 1.92. The number of benzene rings is 1. The van der Waals surface area contributed by atoms with Crippen molar-refractivity contribution in [2.75, 3.05) is 21.2 Å². The monoisotopic (exact) mass is 231 g/mol. The molecule has 0 saturated carbocycles. The van der Waals surface area contributed by atoms with Crippen molar-refractivity contribution in [2.24, 2.45) is 0 Å². The second kappa shape index (κ2) is 4.53. The Labute approximate surface area is 101 Å². The van der Waals surface area contributed by atoms with Gasteiger partial charge in [-0.25, -0.2) is 0 Å². The Bertz CT molecular complexity index is 552. The molecular weight excluding hydrogens is 214 g/mol. The van der Waals surface area contributed by atoms with E-state index < -0.39 is 0 Å². The van der Waals surface area contributed by atoms with Crippen molar-refractivity contribution >= 4 is 16.7 Å². The van der Waals surface area contributed by atoms with Crippen LogP contribution in [0.4, 0.5) is 0 Å². The van der Waals surface area contributed by atoms with Gasteiger partial charge in [0.15, 0.2) is 5.76 Å². The van der Waals surface area contributed by atoms with Crippen LogP contribution in [-0.4, -0.2) is 26.1 Å². The first-order chi connectivity index (χ1) is 8.15. The van der Waals surface area contributed by atoms with Crippen molar-refractivity contribution in [3.63, 3.8) is 0 Å². The standard InChI is InChI=1S/C14H17NO2/c1-5-12(15(2)3)14-8-10-6-7-11(16-4)9-13(10)17-14/h5-9H,1-4H3/b12-5-. The van der Waals surface area contributed by atoms with Crippen molar-refractivity contribution in [3.05, 3.63) is 36.1 Å². The molecule has 90 valence electrons. The van der Waals surface area contributed by atoms with Gasteiger partial charge in [0.25, 0.3) is 0 Å². The number of allylic oxidation sites excluding steroid dienone is 1. The fourth-order valence-corrected chi connectivity index (χ4v) is 1.89. The summed E-state index contributed by atoms with van der Waals surface area (Å²) in [4.78, 5) is 2.04. The summed E-state index contributed by atoms with van der Waals surface area (Å²) in [7, 11) is 5.66. The van der Waals surface area contributed by atoms with Crippen LogP contribution >= 0.6 is 0 Å². The minimum Gasteiger partial charge on any atom is -0.497 e. The van der Waals surface area contributed by atoms with E-state index in [9.17, 15) is 0 Å². The first-order valence-electron chi connectivity index (χ1n) is 5.57. The normalized spacial score (nSPS) is 11.9. The van der Waals surface area contributed by atoms with E-state index in [1.165, 1.54) is 0 Å². The van der Waals surface area contributed by atoms with Crippen LogP contribution in [0.5, 0.6) is 5.75 Å². The molecule has 0 atom stereocenters. The minimum atomic E-state index is 0.810. The molecule has 3 heteroatoms. The molecule has 17 heavy (non-hydrogen) atoms. The Morgan fingerprint density at radius 3 is 2.65 bits per heavy atom. The number of hydrogen-bond acceptors (Lipinski definition) is 3. The average Bonchev–Trinajstić information content (AvgIpc) is 2.71. The molecule has 1 aromatic carbocycles. The van der Waals surface area contributed by atoms with Crippen LogP contribution in [0, 0.1) is 0 Å². The van der Waals surface area contributed by atoms with Crippen LogP contribution < -0.4 is 4.74 Å².